The summed E-state index contributed by atoms with van der Waals surface area (Å²) in [6, 6.07) is 9.20. The van der Waals surface area contributed by atoms with Gasteiger partial charge in [-0.15, -0.1) is 5.10 Å². The van der Waals surface area contributed by atoms with E-state index in [2.05, 4.69) is 30.9 Å². The number of carbonyl (C=O) groups excluding carboxylic acids is 1. The number of nitrogens with one attached hydrogen (secondary N) is 2. The van der Waals surface area contributed by atoms with Gasteiger partial charge in [-0.2, -0.15) is 18.3 Å². The second kappa shape index (κ2) is 13.2. The van der Waals surface area contributed by atoms with Crippen LogP contribution >= 0.6 is 11.6 Å². The van der Waals surface area contributed by atoms with Crippen molar-refractivity contribution in [1.82, 2.24) is 44.6 Å². The summed E-state index contributed by atoms with van der Waals surface area (Å²) in [5.41, 5.74) is 1.76. The summed E-state index contributed by atoms with van der Waals surface area (Å²) in [4.78, 5) is 36.3. The quantitative estimate of drug-likeness (QED) is 0.245. The molecule has 5 aromatic rings. The van der Waals surface area contributed by atoms with Gasteiger partial charge in [0.25, 0.3) is 5.56 Å². The predicted molar refractivity (Wildman–Crippen MR) is 175 cm³/mol. The van der Waals surface area contributed by atoms with Crippen LogP contribution in [0.25, 0.3) is 28.2 Å². The van der Waals surface area contributed by atoms with Gasteiger partial charge < -0.3 is 10.6 Å². The van der Waals surface area contributed by atoms with Gasteiger partial charge in [0.2, 0.25) is 5.91 Å². The summed E-state index contributed by atoms with van der Waals surface area (Å²) in [7, 11) is 0. The number of carbonyl (C=O) groups is 1. The minimum absolute atomic E-state index is 0.104. The van der Waals surface area contributed by atoms with E-state index in [1.165, 1.54) is 35.2 Å². The molecule has 4 aromatic heterocycles. The van der Waals surface area contributed by atoms with Crippen molar-refractivity contribution in [2.24, 2.45) is 5.92 Å². The first-order valence-electron chi connectivity index (χ1n) is 16.0. The van der Waals surface area contributed by atoms with E-state index in [1.807, 2.05) is 29.9 Å². The summed E-state index contributed by atoms with van der Waals surface area (Å²) in [5.74, 6) is -0.401. The van der Waals surface area contributed by atoms with Gasteiger partial charge in [-0.1, -0.05) is 30.2 Å². The molecule has 2 aliphatic heterocycles. The molecule has 1 saturated heterocycles. The number of halogens is 4. The SMILES string of the molecule is CC1CCCC(n2cnc(-c3cc(Cl)ccc3-n3cc(C(F)(F)F)nn3)cc2=O)c2cc(ccn2)-c2nn(C3CCNCC3)cc2NC1=O. The van der Waals surface area contributed by atoms with Gasteiger partial charge in [0, 0.05) is 40.5 Å². The van der Waals surface area contributed by atoms with Crippen molar-refractivity contribution < 1.29 is 18.0 Å². The van der Waals surface area contributed by atoms with Crippen LogP contribution in [0, 0.1) is 5.92 Å². The maximum absolute atomic E-state index is 13.8. The van der Waals surface area contributed by atoms with Crippen LogP contribution in [-0.2, 0) is 11.0 Å². The number of fused-ring (bicyclic) bond motifs is 4. The zero-order chi connectivity index (χ0) is 34.3. The molecular formula is C33H32ClF3N10O2. The van der Waals surface area contributed by atoms with Crippen molar-refractivity contribution in [3.05, 3.63) is 88.1 Å². The lowest BCUT2D eigenvalue weighted by Crippen LogP contribution is -2.29. The van der Waals surface area contributed by atoms with Crippen LogP contribution in [0.5, 0.6) is 0 Å². The highest BCUT2D eigenvalue weighted by Crippen LogP contribution is 2.35. The smallest absolute Gasteiger partial charge is 0.323 e. The molecule has 16 heteroatoms. The minimum Gasteiger partial charge on any atom is -0.323 e. The van der Waals surface area contributed by atoms with Crippen LogP contribution in [0.2, 0.25) is 5.02 Å². The van der Waals surface area contributed by atoms with Gasteiger partial charge in [0.1, 0.15) is 5.69 Å². The molecule has 2 atom stereocenters. The second-order valence-electron chi connectivity index (χ2n) is 12.4. The first-order chi connectivity index (χ1) is 23.5. The Labute approximate surface area is 283 Å². The third kappa shape index (κ3) is 6.72. The number of rotatable bonds is 4. The zero-order valence-electron chi connectivity index (χ0n) is 26.4. The van der Waals surface area contributed by atoms with Crippen molar-refractivity contribution in [1.29, 1.82) is 0 Å². The Kier molecular flexibility index (Phi) is 8.79. The van der Waals surface area contributed by atoms with Gasteiger partial charge in [-0.3, -0.25) is 23.8 Å². The van der Waals surface area contributed by atoms with Crippen LogP contribution in [0.4, 0.5) is 18.9 Å². The second-order valence-corrected chi connectivity index (χ2v) is 12.8. The number of amides is 1. The summed E-state index contributed by atoms with van der Waals surface area (Å²) >= 11 is 6.27. The number of nitrogens with zero attached hydrogens (tertiary/aromatic N) is 8. The topological polar surface area (TPSA) is 137 Å². The van der Waals surface area contributed by atoms with Gasteiger partial charge in [0.15, 0.2) is 5.69 Å². The predicted octanol–water partition coefficient (Wildman–Crippen LogP) is 5.69. The molecule has 0 saturated carbocycles. The molecule has 12 nitrogen and oxygen atoms in total. The first-order valence-corrected chi connectivity index (χ1v) is 16.4. The highest BCUT2D eigenvalue weighted by atomic mass is 35.5. The van der Waals surface area contributed by atoms with Gasteiger partial charge >= 0.3 is 6.18 Å². The fourth-order valence-electron chi connectivity index (χ4n) is 6.38. The van der Waals surface area contributed by atoms with E-state index < -0.39 is 23.5 Å². The molecule has 6 heterocycles. The number of anilines is 1. The standard InChI is InChI=1S/C33H32ClF3N10O2/c1-19-3-2-4-28(25-13-20(7-12-39-25)31-26(41-32(19)49)16-46(43-31)22-8-10-38-11-9-22)45-18-40-24(15-30(45)48)23-14-21(34)5-6-27(23)47-17-29(42-44-47)33(35,36)37/h5-7,12-19,22,28,38H,2-4,8-11H2,1H3,(H,41,49). The van der Waals surface area contributed by atoms with E-state index in [-0.39, 0.29) is 29.2 Å². The maximum Gasteiger partial charge on any atom is 0.436 e. The lowest BCUT2D eigenvalue weighted by molar-refractivity contribution is -0.141. The highest BCUT2D eigenvalue weighted by molar-refractivity contribution is 6.31. The molecule has 2 unspecified atom stereocenters. The van der Waals surface area contributed by atoms with E-state index in [9.17, 15) is 22.8 Å². The summed E-state index contributed by atoms with van der Waals surface area (Å²) < 4.78 is 44.2. The van der Waals surface area contributed by atoms with E-state index in [0.717, 1.165) is 42.4 Å². The van der Waals surface area contributed by atoms with Crippen molar-refractivity contribution in [2.75, 3.05) is 18.4 Å². The lowest BCUT2D eigenvalue weighted by Gasteiger charge is -2.22. The van der Waals surface area contributed by atoms with Crippen LogP contribution in [0.15, 0.2) is 66.1 Å². The largest absolute Gasteiger partial charge is 0.436 e. The monoisotopic (exact) mass is 692 g/mol. The fraction of sp³-hybridized carbons (Fsp3) is 0.364. The zero-order valence-corrected chi connectivity index (χ0v) is 27.1. The summed E-state index contributed by atoms with van der Waals surface area (Å²) in [6.45, 7) is 3.65. The number of benzene rings is 1. The van der Waals surface area contributed by atoms with Gasteiger partial charge in [-0.25, -0.2) is 9.67 Å². The normalized spacial score (nSPS) is 19.1. The van der Waals surface area contributed by atoms with Crippen LogP contribution < -0.4 is 16.2 Å². The van der Waals surface area contributed by atoms with Crippen molar-refractivity contribution in [3.63, 3.8) is 0 Å². The minimum atomic E-state index is -4.68. The maximum atomic E-state index is 13.8. The molecule has 2 bridgehead atoms. The molecule has 2 aliphatic rings. The summed E-state index contributed by atoms with van der Waals surface area (Å²) in [5, 5.41) is 18.6. The molecule has 1 aromatic carbocycles. The van der Waals surface area contributed by atoms with E-state index >= 15 is 0 Å². The molecule has 0 aliphatic carbocycles. The molecular weight excluding hydrogens is 661 g/mol. The molecule has 7 rings (SSSR count). The van der Waals surface area contributed by atoms with Crippen LogP contribution in [-0.4, -0.2) is 58.3 Å². The fourth-order valence-corrected chi connectivity index (χ4v) is 6.55. The average molecular weight is 693 g/mol. The third-order valence-electron chi connectivity index (χ3n) is 9.07. The average Bonchev–Trinajstić information content (AvgIpc) is 3.76. The molecule has 0 radical (unpaired) electrons. The molecule has 0 spiro atoms. The Hall–Kier alpha value is -4.89. The molecule has 2 N–H and O–H groups in total. The van der Waals surface area contributed by atoms with Gasteiger partial charge in [0.05, 0.1) is 47.4 Å². The Morgan fingerprint density at radius 2 is 1.80 bits per heavy atom. The number of alkyl halides is 3. The van der Waals surface area contributed by atoms with Crippen molar-refractivity contribution in [3.8, 4) is 28.2 Å². The number of hydrogen-bond acceptors (Lipinski definition) is 8. The Morgan fingerprint density at radius 1 is 0.980 bits per heavy atom. The van der Waals surface area contributed by atoms with Gasteiger partial charge in [-0.05, 0) is 69.1 Å². The third-order valence-corrected chi connectivity index (χ3v) is 9.30. The number of pyridine rings is 1. The molecule has 254 valence electrons. The Morgan fingerprint density at radius 3 is 2.55 bits per heavy atom. The Bertz CT molecular complexity index is 2070. The van der Waals surface area contributed by atoms with E-state index in [0.29, 0.717) is 46.9 Å². The molecule has 1 fully saturated rings. The lowest BCUT2D eigenvalue weighted by atomic mass is 9.97. The highest BCUT2D eigenvalue weighted by Gasteiger charge is 2.35. The van der Waals surface area contributed by atoms with Crippen LogP contribution in [0.3, 0.4) is 0 Å². The summed E-state index contributed by atoms with van der Waals surface area (Å²) in [6.07, 6.45) is 4.58. The van der Waals surface area contributed by atoms with Crippen LogP contribution in [0.1, 0.15) is 62.5 Å². The van der Waals surface area contributed by atoms with Crippen molar-refractivity contribution >= 4 is 23.2 Å². The first kappa shape index (κ1) is 32.6. The molecule has 49 heavy (non-hydrogen) atoms. The van der Waals surface area contributed by atoms with Crippen molar-refractivity contribution in [2.45, 2.75) is 57.3 Å². The number of piperidine rings is 1. The number of aromatic nitrogens is 8. The van der Waals surface area contributed by atoms with E-state index in [4.69, 9.17) is 16.7 Å². The Balaban J connectivity index is 1.27. The molecule has 1 amide bonds. The van der Waals surface area contributed by atoms with E-state index in [1.54, 1.807) is 6.20 Å². The number of hydrogen-bond donors (Lipinski definition) is 2.